The second-order valence-corrected chi connectivity index (χ2v) is 8.45. The largest absolute Gasteiger partial charge is 0.508 e. The molecule has 32 heavy (non-hydrogen) atoms. The third kappa shape index (κ3) is 3.87. The summed E-state index contributed by atoms with van der Waals surface area (Å²) < 4.78 is 0. The molecule has 4 rings (SSSR count). The number of phenols is 1. The number of aliphatic hydroxyl groups is 1. The monoisotopic (exact) mass is 447 g/mol. The third-order valence-electron chi connectivity index (χ3n) is 5.59. The van der Waals surface area contributed by atoms with Gasteiger partial charge in [0, 0.05) is 16.3 Å². The average molecular weight is 448 g/mol. The minimum absolute atomic E-state index is 0.0316. The van der Waals surface area contributed by atoms with E-state index in [4.69, 9.17) is 11.6 Å². The number of aliphatic hydroxyl groups excluding tert-OH is 1. The number of rotatable bonds is 4. The Labute approximate surface area is 191 Å². The lowest BCUT2D eigenvalue weighted by atomic mass is 9.95. The molecule has 0 radical (unpaired) electrons. The number of anilines is 1. The minimum Gasteiger partial charge on any atom is -0.508 e. The zero-order chi connectivity index (χ0) is 23.0. The number of aromatic hydroxyl groups is 1. The molecule has 2 N–H and O–H groups in total. The van der Waals surface area contributed by atoms with Crippen LogP contribution in [0.4, 0.5) is 5.69 Å². The molecule has 5 nitrogen and oxygen atoms in total. The van der Waals surface area contributed by atoms with Gasteiger partial charge in [-0.1, -0.05) is 61.8 Å². The zero-order valence-corrected chi connectivity index (χ0v) is 18.4. The molecule has 0 saturated carbocycles. The summed E-state index contributed by atoms with van der Waals surface area (Å²) in [4.78, 5) is 27.7. The van der Waals surface area contributed by atoms with Gasteiger partial charge in [0.1, 0.15) is 11.5 Å². The van der Waals surface area contributed by atoms with Gasteiger partial charge in [-0.05, 0) is 53.4 Å². The van der Waals surface area contributed by atoms with Crippen molar-refractivity contribution >= 4 is 34.7 Å². The number of halogens is 1. The van der Waals surface area contributed by atoms with E-state index >= 15 is 0 Å². The van der Waals surface area contributed by atoms with E-state index in [2.05, 4.69) is 13.8 Å². The first-order chi connectivity index (χ1) is 15.3. The first kappa shape index (κ1) is 21.7. The number of nitrogens with zero attached hydrogens (tertiary/aromatic N) is 1. The van der Waals surface area contributed by atoms with Crippen molar-refractivity contribution in [2.75, 3.05) is 4.90 Å². The number of Topliss-reactive ketones (excluding diaryl/α,β-unsaturated/α-hetero) is 1. The Bertz CT molecular complexity index is 1210. The molecule has 1 amide bonds. The predicted octanol–water partition coefficient (Wildman–Crippen LogP) is 5.80. The number of amides is 1. The van der Waals surface area contributed by atoms with Crippen LogP contribution in [0, 0.1) is 0 Å². The van der Waals surface area contributed by atoms with Crippen LogP contribution >= 0.6 is 11.6 Å². The molecule has 1 fully saturated rings. The fourth-order valence-corrected chi connectivity index (χ4v) is 4.07. The summed E-state index contributed by atoms with van der Waals surface area (Å²) >= 11 is 6.07. The summed E-state index contributed by atoms with van der Waals surface area (Å²) in [6.07, 6.45) is 0. The molecule has 0 aromatic heterocycles. The van der Waals surface area contributed by atoms with Gasteiger partial charge in [-0.25, -0.2) is 0 Å². The highest BCUT2D eigenvalue weighted by atomic mass is 35.5. The van der Waals surface area contributed by atoms with Crippen molar-refractivity contribution < 1.29 is 19.8 Å². The Balaban J connectivity index is 1.91. The topological polar surface area (TPSA) is 77.8 Å². The number of ketones is 1. The van der Waals surface area contributed by atoms with Crippen LogP contribution in [0.15, 0.2) is 78.4 Å². The number of benzene rings is 3. The molecule has 1 aliphatic heterocycles. The molecule has 3 aromatic carbocycles. The fraction of sp³-hybridized carbons (Fsp3) is 0.154. The third-order valence-corrected chi connectivity index (χ3v) is 5.82. The highest BCUT2D eigenvalue weighted by molar-refractivity contribution is 6.51. The summed E-state index contributed by atoms with van der Waals surface area (Å²) in [5.74, 6) is -1.44. The number of hydrogen-bond acceptors (Lipinski definition) is 4. The van der Waals surface area contributed by atoms with E-state index in [0.29, 0.717) is 27.8 Å². The van der Waals surface area contributed by atoms with E-state index in [0.717, 1.165) is 5.56 Å². The van der Waals surface area contributed by atoms with Gasteiger partial charge in [0.2, 0.25) is 0 Å². The normalized spacial score (nSPS) is 17.9. The van der Waals surface area contributed by atoms with Crippen LogP contribution < -0.4 is 4.90 Å². The van der Waals surface area contributed by atoms with E-state index in [1.165, 1.54) is 23.1 Å². The maximum absolute atomic E-state index is 13.1. The van der Waals surface area contributed by atoms with Gasteiger partial charge in [0.15, 0.2) is 0 Å². The molecule has 162 valence electrons. The number of carbonyl (C=O) groups is 2. The molecule has 6 heteroatoms. The van der Waals surface area contributed by atoms with Crippen LogP contribution in [0.1, 0.15) is 42.5 Å². The van der Waals surface area contributed by atoms with Crippen LogP contribution in [0.5, 0.6) is 5.75 Å². The Kier molecular flexibility index (Phi) is 5.76. The molecule has 0 spiro atoms. The predicted molar refractivity (Wildman–Crippen MR) is 125 cm³/mol. The van der Waals surface area contributed by atoms with Crippen molar-refractivity contribution in [2.45, 2.75) is 25.8 Å². The van der Waals surface area contributed by atoms with Gasteiger partial charge in [-0.2, -0.15) is 0 Å². The lowest BCUT2D eigenvalue weighted by Gasteiger charge is -2.26. The zero-order valence-electron chi connectivity index (χ0n) is 17.6. The Morgan fingerprint density at radius 2 is 1.62 bits per heavy atom. The molecule has 3 aromatic rings. The first-order valence-electron chi connectivity index (χ1n) is 10.2. The van der Waals surface area contributed by atoms with Gasteiger partial charge < -0.3 is 10.2 Å². The summed E-state index contributed by atoms with van der Waals surface area (Å²) in [6, 6.07) is 19.3. The number of carbonyl (C=O) groups excluding carboxylic acids is 2. The van der Waals surface area contributed by atoms with E-state index in [1.807, 2.05) is 12.1 Å². The number of phenolic OH excluding ortho intramolecular Hbond substituents is 1. The smallest absolute Gasteiger partial charge is 0.300 e. The van der Waals surface area contributed by atoms with Gasteiger partial charge >= 0.3 is 0 Å². The molecule has 1 saturated heterocycles. The van der Waals surface area contributed by atoms with Crippen LogP contribution in [0.2, 0.25) is 5.02 Å². The highest BCUT2D eigenvalue weighted by Gasteiger charge is 2.47. The molecule has 1 heterocycles. The highest BCUT2D eigenvalue weighted by Crippen LogP contribution is 2.42. The second-order valence-electron chi connectivity index (χ2n) is 8.02. The summed E-state index contributed by atoms with van der Waals surface area (Å²) in [5.41, 5.74) is 2.54. The van der Waals surface area contributed by atoms with Crippen LogP contribution in [-0.2, 0) is 9.59 Å². The van der Waals surface area contributed by atoms with Gasteiger partial charge in [0.05, 0.1) is 11.6 Å². The van der Waals surface area contributed by atoms with Crippen LogP contribution in [0.3, 0.4) is 0 Å². The van der Waals surface area contributed by atoms with Crippen molar-refractivity contribution in [1.82, 2.24) is 0 Å². The van der Waals surface area contributed by atoms with Crippen molar-refractivity contribution in [3.05, 3.63) is 100 Å². The molecule has 0 bridgehead atoms. The molecular formula is C26H22ClNO4. The quantitative estimate of drug-likeness (QED) is 0.301. The van der Waals surface area contributed by atoms with E-state index in [1.54, 1.807) is 42.5 Å². The van der Waals surface area contributed by atoms with Crippen molar-refractivity contribution in [3.8, 4) is 5.75 Å². The minimum atomic E-state index is -0.862. The molecular weight excluding hydrogens is 426 g/mol. The van der Waals surface area contributed by atoms with Gasteiger partial charge in [-0.15, -0.1) is 0 Å². The average Bonchev–Trinajstić information content (AvgIpc) is 3.04. The molecule has 1 unspecified atom stereocenters. The SMILES string of the molecule is CC(C)c1ccc(N2C(=O)C(=O)/C(=C(\O)c3cccc(Cl)c3)C2c2ccc(O)cc2)cc1. The van der Waals surface area contributed by atoms with Crippen molar-refractivity contribution in [1.29, 1.82) is 0 Å². The Morgan fingerprint density at radius 1 is 0.969 bits per heavy atom. The Hall–Kier alpha value is -3.57. The van der Waals surface area contributed by atoms with Crippen molar-refractivity contribution in [2.24, 2.45) is 0 Å². The van der Waals surface area contributed by atoms with E-state index in [-0.39, 0.29) is 17.1 Å². The Morgan fingerprint density at radius 3 is 2.22 bits per heavy atom. The van der Waals surface area contributed by atoms with E-state index in [9.17, 15) is 19.8 Å². The molecule has 1 atom stereocenters. The van der Waals surface area contributed by atoms with Gasteiger partial charge in [0.25, 0.3) is 11.7 Å². The molecule has 0 aliphatic carbocycles. The first-order valence-corrected chi connectivity index (χ1v) is 10.6. The van der Waals surface area contributed by atoms with Crippen LogP contribution in [-0.4, -0.2) is 21.9 Å². The fourth-order valence-electron chi connectivity index (χ4n) is 3.88. The molecule has 1 aliphatic rings. The summed E-state index contributed by atoms with van der Waals surface area (Å²) in [7, 11) is 0. The van der Waals surface area contributed by atoms with Crippen molar-refractivity contribution in [3.63, 3.8) is 0 Å². The maximum atomic E-state index is 13.1. The summed E-state index contributed by atoms with van der Waals surface area (Å²) in [6.45, 7) is 4.14. The second kappa shape index (κ2) is 8.52. The lowest BCUT2D eigenvalue weighted by molar-refractivity contribution is -0.132. The standard InChI is InChI=1S/C26H22ClNO4/c1-15(2)16-6-10-20(11-7-16)28-23(17-8-12-21(29)13-9-17)22(25(31)26(28)32)24(30)18-4-3-5-19(27)14-18/h3-15,23,29-30H,1-2H3/b24-22-. The number of hydrogen-bond donors (Lipinski definition) is 2. The van der Waals surface area contributed by atoms with Gasteiger partial charge in [-0.3, -0.25) is 14.5 Å². The van der Waals surface area contributed by atoms with Crippen LogP contribution in [0.25, 0.3) is 5.76 Å². The maximum Gasteiger partial charge on any atom is 0.300 e. The lowest BCUT2D eigenvalue weighted by Crippen LogP contribution is -2.29. The van der Waals surface area contributed by atoms with E-state index < -0.39 is 17.7 Å². The summed E-state index contributed by atoms with van der Waals surface area (Å²) in [5, 5.41) is 21.2.